The Balaban J connectivity index is 1.88. The molecule has 0 radical (unpaired) electrons. The molecule has 2 rings (SSSR count). The number of carbonyl (C=O) groups excluding carboxylic acids is 1. The smallest absolute Gasteiger partial charge is 0.226 e. The molecule has 1 saturated carbocycles. The van der Waals surface area contributed by atoms with Crippen molar-refractivity contribution in [1.29, 1.82) is 0 Å². The summed E-state index contributed by atoms with van der Waals surface area (Å²) in [4.78, 5) is 13.3. The van der Waals surface area contributed by atoms with Crippen molar-refractivity contribution in [2.24, 2.45) is 5.92 Å². The third kappa shape index (κ3) is 5.07. The van der Waals surface area contributed by atoms with Crippen LogP contribution in [-0.2, 0) is 11.2 Å². The lowest BCUT2D eigenvalue weighted by molar-refractivity contribution is -0.127. The van der Waals surface area contributed by atoms with Crippen LogP contribution in [0.1, 0.15) is 44.6 Å². The van der Waals surface area contributed by atoms with Crippen molar-refractivity contribution in [2.75, 3.05) is 19.4 Å². The number of hydrogen-bond acceptors (Lipinski definition) is 2. The molecule has 3 nitrogen and oxygen atoms in total. The number of likely N-dealkylation sites (N-methyl/N-ethyl adjacent to an activating group) is 1. The van der Waals surface area contributed by atoms with E-state index in [9.17, 15) is 4.79 Å². The molecule has 2 unspecified atom stereocenters. The molecule has 0 saturated heterocycles. The van der Waals surface area contributed by atoms with Crippen LogP contribution >= 0.6 is 0 Å². The van der Waals surface area contributed by atoms with Gasteiger partial charge in [-0.25, -0.2) is 0 Å². The molecular weight excluding hydrogens is 260 g/mol. The summed E-state index contributed by atoms with van der Waals surface area (Å²) in [5.74, 6) is 1.02. The van der Waals surface area contributed by atoms with Crippen LogP contribution in [0.3, 0.4) is 0 Å². The standard InChI is InChI=1S/C18H28N2O/c1-14-5-4-6-16(10-7-14)19-17-11-8-15(9-12-17)13-18(21)20(2)3/h8-9,11-12,14,16,19H,4-7,10,13H2,1-3H3. The third-order valence-electron chi connectivity index (χ3n) is 4.44. The van der Waals surface area contributed by atoms with Crippen molar-refractivity contribution in [2.45, 2.75) is 51.5 Å². The molecule has 3 heteroatoms. The second kappa shape index (κ2) is 7.48. The molecule has 1 aliphatic rings. The second-order valence-corrected chi connectivity index (χ2v) is 6.62. The lowest BCUT2D eigenvalue weighted by atomic mass is 10.0. The molecule has 1 aliphatic carbocycles. The van der Waals surface area contributed by atoms with Gasteiger partial charge in [-0.15, -0.1) is 0 Å². The predicted octanol–water partition coefficient (Wildman–Crippen LogP) is 3.70. The molecule has 0 aliphatic heterocycles. The van der Waals surface area contributed by atoms with Crippen molar-refractivity contribution in [1.82, 2.24) is 4.90 Å². The van der Waals surface area contributed by atoms with Gasteiger partial charge in [0.2, 0.25) is 5.91 Å². The van der Waals surface area contributed by atoms with Gasteiger partial charge in [-0.05, 0) is 42.9 Å². The minimum absolute atomic E-state index is 0.147. The van der Waals surface area contributed by atoms with Crippen molar-refractivity contribution < 1.29 is 4.79 Å². The van der Waals surface area contributed by atoms with E-state index in [1.165, 1.54) is 37.8 Å². The Bertz CT molecular complexity index is 453. The van der Waals surface area contributed by atoms with Crippen LogP contribution in [0.15, 0.2) is 24.3 Å². The van der Waals surface area contributed by atoms with E-state index >= 15 is 0 Å². The summed E-state index contributed by atoms with van der Waals surface area (Å²) in [6, 6.07) is 8.93. The molecule has 1 aromatic rings. The Hall–Kier alpha value is -1.51. The quantitative estimate of drug-likeness (QED) is 0.857. The average Bonchev–Trinajstić information content (AvgIpc) is 2.66. The number of carbonyl (C=O) groups is 1. The van der Waals surface area contributed by atoms with Gasteiger partial charge in [0.1, 0.15) is 0 Å². The molecule has 0 bridgehead atoms. The Morgan fingerprint density at radius 1 is 1.14 bits per heavy atom. The number of benzene rings is 1. The number of nitrogens with zero attached hydrogens (tertiary/aromatic N) is 1. The third-order valence-corrected chi connectivity index (χ3v) is 4.44. The SMILES string of the molecule is CC1CCCC(Nc2ccc(CC(=O)N(C)C)cc2)CC1. The summed E-state index contributed by atoms with van der Waals surface area (Å²) in [6.07, 6.45) is 7.03. The normalized spacial score (nSPS) is 22.4. The summed E-state index contributed by atoms with van der Waals surface area (Å²) in [5, 5.41) is 3.65. The Kier molecular flexibility index (Phi) is 5.66. The molecule has 1 aromatic carbocycles. The summed E-state index contributed by atoms with van der Waals surface area (Å²) in [5.41, 5.74) is 2.25. The zero-order valence-electron chi connectivity index (χ0n) is 13.6. The van der Waals surface area contributed by atoms with Crippen molar-refractivity contribution in [3.63, 3.8) is 0 Å². The van der Waals surface area contributed by atoms with Gasteiger partial charge in [-0.1, -0.05) is 31.9 Å². The van der Waals surface area contributed by atoms with E-state index in [0.29, 0.717) is 12.5 Å². The van der Waals surface area contributed by atoms with Crippen LogP contribution in [-0.4, -0.2) is 30.9 Å². The van der Waals surface area contributed by atoms with E-state index < -0.39 is 0 Å². The summed E-state index contributed by atoms with van der Waals surface area (Å²) in [7, 11) is 3.59. The van der Waals surface area contributed by atoms with Gasteiger partial charge in [0.05, 0.1) is 6.42 Å². The van der Waals surface area contributed by atoms with E-state index in [2.05, 4.69) is 36.5 Å². The fourth-order valence-electron chi connectivity index (χ4n) is 2.92. The number of amides is 1. The van der Waals surface area contributed by atoms with E-state index in [-0.39, 0.29) is 5.91 Å². The first kappa shape index (κ1) is 15.9. The molecule has 2 atom stereocenters. The fourth-order valence-corrected chi connectivity index (χ4v) is 2.92. The largest absolute Gasteiger partial charge is 0.382 e. The molecule has 21 heavy (non-hydrogen) atoms. The van der Waals surface area contributed by atoms with Gasteiger partial charge in [-0.2, -0.15) is 0 Å². The molecule has 116 valence electrons. The Labute approximate surface area is 128 Å². The van der Waals surface area contributed by atoms with Crippen LogP contribution < -0.4 is 5.32 Å². The minimum Gasteiger partial charge on any atom is -0.382 e. The lowest BCUT2D eigenvalue weighted by Gasteiger charge is -2.18. The summed E-state index contributed by atoms with van der Waals surface area (Å²) >= 11 is 0. The minimum atomic E-state index is 0.147. The molecule has 1 amide bonds. The van der Waals surface area contributed by atoms with Gasteiger partial charge in [0, 0.05) is 25.8 Å². The topological polar surface area (TPSA) is 32.3 Å². The highest BCUT2D eigenvalue weighted by molar-refractivity contribution is 5.78. The van der Waals surface area contributed by atoms with E-state index in [1.54, 1.807) is 19.0 Å². The highest BCUT2D eigenvalue weighted by Gasteiger charge is 2.15. The first-order valence-corrected chi connectivity index (χ1v) is 8.10. The zero-order chi connectivity index (χ0) is 15.2. The van der Waals surface area contributed by atoms with Gasteiger partial charge >= 0.3 is 0 Å². The number of hydrogen-bond donors (Lipinski definition) is 1. The maximum absolute atomic E-state index is 11.7. The molecule has 0 aromatic heterocycles. The molecule has 1 N–H and O–H groups in total. The predicted molar refractivity (Wildman–Crippen MR) is 88.5 cm³/mol. The molecule has 1 fully saturated rings. The zero-order valence-corrected chi connectivity index (χ0v) is 13.6. The van der Waals surface area contributed by atoms with Gasteiger partial charge in [0.25, 0.3) is 0 Å². The van der Waals surface area contributed by atoms with Crippen molar-refractivity contribution in [3.8, 4) is 0 Å². The summed E-state index contributed by atoms with van der Waals surface area (Å²) < 4.78 is 0. The van der Waals surface area contributed by atoms with Crippen molar-refractivity contribution in [3.05, 3.63) is 29.8 Å². The summed E-state index contributed by atoms with van der Waals surface area (Å²) in [6.45, 7) is 2.36. The van der Waals surface area contributed by atoms with Gasteiger partial charge in [-0.3, -0.25) is 4.79 Å². The molecule has 0 spiro atoms. The maximum Gasteiger partial charge on any atom is 0.226 e. The average molecular weight is 288 g/mol. The van der Waals surface area contributed by atoms with E-state index in [4.69, 9.17) is 0 Å². The van der Waals surface area contributed by atoms with Gasteiger partial charge < -0.3 is 10.2 Å². The van der Waals surface area contributed by atoms with Crippen LogP contribution in [0.2, 0.25) is 0 Å². The van der Waals surface area contributed by atoms with E-state index in [0.717, 1.165) is 11.5 Å². The lowest BCUT2D eigenvalue weighted by Crippen LogP contribution is -2.23. The maximum atomic E-state index is 11.7. The first-order chi connectivity index (χ1) is 10.0. The Morgan fingerprint density at radius 3 is 2.52 bits per heavy atom. The first-order valence-electron chi connectivity index (χ1n) is 8.10. The highest BCUT2D eigenvalue weighted by atomic mass is 16.2. The van der Waals surface area contributed by atoms with Crippen LogP contribution in [0.4, 0.5) is 5.69 Å². The van der Waals surface area contributed by atoms with E-state index in [1.807, 2.05) is 0 Å². The second-order valence-electron chi connectivity index (χ2n) is 6.62. The number of nitrogens with one attached hydrogen (secondary N) is 1. The number of anilines is 1. The van der Waals surface area contributed by atoms with Crippen molar-refractivity contribution >= 4 is 11.6 Å². The Morgan fingerprint density at radius 2 is 1.86 bits per heavy atom. The number of rotatable bonds is 4. The van der Waals surface area contributed by atoms with Crippen LogP contribution in [0, 0.1) is 5.92 Å². The van der Waals surface area contributed by atoms with Crippen LogP contribution in [0.25, 0.3) is 0 Å². The van der Waals surface area contributed by atoms with Gasteiger partial charge in [0.15, 0.2) is 0 Å². The fraction of sp³-hybridized carbons (Fsp3) is 0.611. The molecule has 0 heterocycles. The van der Waals surface area contributed by atoms with Crippen LogP contribution in [0.5, 0.6) is 0 Å². The monoisotopic (exact) mass is 288 g/mol. The highest BCUT2D eigenvalue weighted by Crippen LogP contribution is 2.25. The molecular formula is C18H28N2O.